The molecule has 0 aliphatic carbocycles. The molecule has 3 nitrogen and oxygen atoms in total. The van der Waals surface area contributed by atoms with Crippen LogP contribution in [0.15, 0.2) is 18.3 Å². The molecule has 0 radical (unpaired) electrons. The van der Waals surface area contributed by atoms with E-state index in [0.29, 0.717) is 12.0 Å². The van der Waals surface area contributed by atoms with Gasteiger partial charge >= 0.3 is 0 Å². The molecule has 1 N–H and O–H groups in total. The Labute approximate surface area is 112 Å². The van der Waals surface area contributed by atoms with Crippen molar-refractivity contribution in [1.82, 2.24) is 4.98 Å². The zero-order valence-electron chi connectivity index (χ0n) is 12.4. The Bertz CT molecular complexity index is 347. The van der Waals surface area contributed by atoms with Crippen LogP contribution in [0.3, 0.4) is 0 Å². The average molecular weight is 249 g/mol. The van der Waals surface area contributed by atoms with E-state index in [0.717, 1.165) is 25.3 Å². The summed E-state index contributed by atoms with van der Waals surface area (Å²) in [7, 11) is 0. The van der Waals surface area contributed by atoms with Gasteiger partial charge in [-0.15, -0.1) is 0 Å². The van der Waals surface area contributed by atoms with Crippen LogP contribution in [0.4, 0.5) is 11.5 Å². The van der Waals surface area contributed by atoms with E-state index in [-0.39, 0.29) is 0 Å². The first kappa shape index (κ1) is 14.8. The Kier molecular flexibility index (Phi) is 5.96. The van der Waals surface area contributed by atoms with Crippen molar-refractivity contribution in [1.29, 1.82) is 0 Å². The van der Waals surface area contributed by atoms with Crippen molar-refractivity contribution < 1.29 is 0 Å². The lowest BCUT2D eigenvalue weighted by molar-refractivity contribution is 0.571. The summed E-state index contributed by atoms with van der Waals surface area (Å²) in [5.74, 6) is 1.64. The number of hydrogen-bond donors (Lipinski definition) is 1. The molecule has 0 spiro atoms. The zero-order chi connectivity index (χ0) is 13.5. The van der Waals surface area contributed by atoms with E-state index in [1.165, 1.54) is 5.69 Å². The molecule has 1 aromatic rings. The van der Waals surface area contributed by atoms with Crippen LogP contribution in [0.5, 0.6) is 0 Å². The van der Waals surface area contributed by atoms with E-state index in [1.54, 1.807) is 0 Å². The van der Waals surface area contributed by atoms with Gasteiger partial charge in [-0.05, 0) is 32.3 Å². The molecular formula is C15H27N3. The van der Waals surface area contributed by atoms with Crippen molar-refractivity contribution in [3.8, 4) is 0 Å². The molecular weight excluding hydrogens is 222 g/mol. The molecule has 0 amide bonds. The molecule has 1 rings (SSSR count). The third kappa shape index (κ3) is 4.55. The lowest BCUT2D eigenvalue weighted by Gasteiger charge is -2.31. The van der Waals surface area contributed by atoms with Crippen LogP contribution in [0.1, 0.15) is 41.0 Å². The van der Waals surface area contributed by atoms with Gasteiger partial charge in [0.1, 0.15) is 5.82 Å². The van der Waals surface area contributed by atoms with Gasteiger partial charge in [-0.2, -0.15) is 0 Å². The highest BCUT2D eigenvalue weighted by Crippen LogP contribution is 2.21. The number of anilines is 2. The molecule has 3 heteroatoms. The zero-order valence-corrected chi connectivity index (χ0v) is 12.4. The minimum atomic E-state index is 0.508. The van der Waals surface area contributed by atoms with Crippen molar-refractivity contribution in [2.45, 2.75) is 47.1 Å². The maximum atomic E-state index is 4.36. The van der Waals surface area contributed by atoms with E-state index in [1.807, 2.05) is 6.20 Å². The Morgan fingerprint density at radius 2 is 2.00 bits per heavy atom. The summed E-state index contributed by atoms with van der Waals surface area (Å²) >= 11 is 0. The Balaban J connectivity index is 2.83. The second-order valence-corrected chi connectivity index (χ2v) is 5.47. The van der Waals surface area contributed by atoms with Gasteiger partial charge in [-0.1, -0.05) is 20.8 Å². The van der Waals surface area contributed by atoms with E-state index >= 15 is 0 Å². The van der Waals surface area contributed by atoms with Gasteiger partial charge in [0.2, 0.25) is 0 Å². The highest BCUT2D eigenvalue weighted by atomic mass is 15.2. The van der Waals surface area contributed by atoms with Crippen molar-refractivity contribution in [3.05, 3.63) is 18.3 Å². The molecule has 0 aromatic carbocycles. The summed E-state index contributed by atoms with van der Waals surface area (Å²) in [6.45, 7) is 13.2. The van der Waals surface area contributed by atoms with Crippen molar-refractivity contribution in [3.63, 3.8) is 0 Å². The van der Waals surface area contributed by atoms with Crippen LogP contribution >= 0.6 is 0 Å². The van der Waals surface area contributed by atoms with E-state index in [4.69, 9.17) is 0 Å². The predicted molar refractivity (Wildman–Crippen MR) is 80.3 cm³/mol. The smallest absolute Gasteiger partial charge is 0.127 e. The SMILES string of the molecule is CCCNc1cc(N(CC(C)C)C(C)C)ccn1. The van der Waals surface area contributed by atoms with Gasteiger partial charge in [-0.25, -0.2) is 4.98 Å². The van der Waals surface area contributed by atoms with Gasteiger partial charge in [0.25, 0.3) is 0 Å². The van der Waals surface area contributed by atoms with Crippen LogP contribution in [0.2, 0.25) is 0 Å². The largest absolute Gasteiger partial charge is 0.370 e. The van der Waals surface area contributed by atoms with E-state index < -0.39 is 0 Å². The first-order chi connectivity index (χ1) is 8.54. The van der Waals surface area contributed by atoms with Crippen molar-refractivity contribution in [2.24, 2.45) is 5.92 Å². The molecule has 1 aromatic heterocycles. The number of pyridine rings is 1. The minimum absolute atomic E-state index is 0.508. The fourth-order valence-electron chi connectivity index (χ4n) is 1.96. The molecule has 102 valence electrons. The van der Waals surface area contributed by atoms with Gasteiger partial charge in [0.05, 0.1) is 0 Å². The molecule has 0 atom stereocenters. The number of nitrogens with zero attached hydrogens (tertiary/aromatic N) is 2. The number of rotatable bonds is 7. The Morgan fingerprint density at radius 3 is 2.56 bits per heavy atom. The van der Waals surface area contributed by atoms with Crippen molar-refractivity contribution >= 4 is 11.5 Å². The van der Waals surface area contributed by atoms with Crippen LogP contribution in [0.25, 0.3) is 0 Å². The fourth-order valence-corrected chi connectivity index (χ4v) is 1.96. The molecule has 0 aliphatic rings. The maximum Gasteiger partial charge on any atom is 0.127 e. The quantitative estimate of drug-likeness (QED) is 0.797. The lowest BCUT2D eigenvalue weighted by Crippen LogP contribution is -2.34. The molecule has 0 fully saturated rings. The summed E-state index contributed by atoms with van der Waals surface area (Å²) in [5, 5.41) is 3.34. The number of aromatic nitrogens is 1. The van der Waals surface area contributed by atoms with Crippen LogP contribution < -0.4 is 10.2 Å². The summed E-state index contributed by atoms with van der Waals surface area (Å²) in [6.07, 6.45) is 3.01. The third-order valence-electron chi connectivity index (χ3n) is 2.82. The Hall–Kier alpha value is -1.25. The van der Waals surface area contributed by atoms with Crippen molar-refractivity contribution in [2.75, 3.05) is 23.3 Å². The van der Waals surface area contributed by atoms with Gasteiger partial charge in [-0.3, -0.25) is 0 Å². The first-order valence-electron chi connectivity index (χ1n) is 7.01. The predicted octanol–water partition coefficient (Wildman–Crippen LogP) is 3.77. The Morgan fingerprint density at radius 1 is 1.28 bits per heavy atom. The number of hydrogen-bond acceptors (Lipinski definition) is 3. The minimum Gasteiger partial charge on any atom is -0.370 e. The highest BCUT2D eigenvalue weighted by Gasteiger charge is 2.12. The second-order valence-electron chi connectivity index (χ2n) is 5.47. The molecule has 1 heterocycles. The van der Waals surface area contributed by atoms with Gasteiger partial charge < -0.3 is 10.2 Å². The highest BCUT2D eigenvalue weighted by molar-refractivity contribution is 5.54. The number of nitrogens with one attached hydrogen (secondary N) is 1. The summed E-state index contributed by atoms with van der Waals surface area (Å²) in [6, 6.07) is 4.76. The molecule has 0 saturated heterocycles. The molecule has 0 bridgehead atoms. The van der Waals surface area contributed by atoms with Gasteiger partial charge in [0, 0.05) is 37.1 Å². The molecule has 18 heavy (non-hydrogen) atoms. The third-order valence-corrected chi connectivity index (χ3v) is 2.82. The second kappa shape index (κ2) is 7.24. The van der Waals surface area contributed by atoms with Gasteiger partial charge in [0.15, 0.2) is 0 Å². The monoisotopic (exact) mass is 249 g/mol. The fraction of sp³-hybridized carbons (Fsp3) is 0.667. The van der Waals surface area contributed by atoms with Crippen LogP contribution in [-0.4, -0.2) is 24.1 Å². The summed E-state index contributed by atoms with van der Waals surface area (Å²) in [5.41, 5.74) is 1.26. The van der Waals surface area contributed by atoms with E-state index in [2.05, 4.69) is 62.0 Å². The van der Waals surface area contributed by atoms with Crippen LogP contribution in [0, 0.1) is 5.92 Å². The van der Waals surface area contributed by atoms with E-state index in [9.17, 15) is 0 Å². The normalized spacial score (nSPS) is 11.1. The summed E-state index contributed by atoms with van der Waals surface area (Å²) < 4.78 is 0. The molecule has 0 unspecified atom stereocenters. The topological polar surface area (TPSA) is 28.2 Å². The first-order valence-corrected chi connectivity index (χ1v) is 7.01. The standard InChI is InChI=1S/C15H27N3/c1-6-8-16-15-10-14(7-9-17-15)18(13(4)5)11-12(2)3/h7,9-10,12-13H,6,8,11H2,1-5H3,(H,16,17). The molecule has 0 aliphatic heterocycles. The maximum absolute atomic E-state index is 4.36. The van der Waals surface area contributed by atoms with Crippen LogP contribution in [-0.2, 0) is 0 Å². The lowest BCUT2D eigenvalue weighted by atomic mass is 10.1. The summed E-state index contributed by atoms with van der Waals surface area (Å²) in [4.78, 5) is 6.79. The molecule has 0 saturated carbocycles. The average Bonchev–Trinajstić information content (AvgIpc) is 2.33.